The van der Waals surface area contributed by atoms with Crippen LogP contribution in [0.2, 0.25) is 0 Å². The highest BCUT2D eigenvalue weighted by atomic mass is 32.1. The van der Waals surface area contributed by atoms with Crippen molar-refractivity contribution >= 4 is 22.4 Å². The molecule has 1 aliphatic heterocycles. The molecule has 1 aliphatic rings. The predicted molar refractivity (Wildman–Crippen MR) is 72.3 cm³/mol. The Morgan fingerprint density at radius 2 is 2.33 bits per heavy atom. The van der Waals surface area contributed by atoms with E-state index in [0.717, 1.165) is 18.2 Å². The molecule has 2 heterocycles. The Kier molecular flexibility index (Phi) is 3.87. The zero-order chi connectivity index (χ0) is 13.3. The molecule has 1 aromatic heterocycles. The van der Waals surface area contributed by atoms with Crippen LogP contribution in [0.3, 0.4) is 0 Å². The van der Waals surface area contributed by atoms with Crippen molar-refractivity contribution in [1.82, 2.24) is 9.88 Å². The maximum absolute atomic E-state index is 10.6. The summed E-state index contributed by atoms with van der Waals surface area (Å²) in [4.78, 5) is 19.5. The third kappa shape index (κ3) is 2.81. The van der Waals surface area contributed by atoms with E-state index >= 15 is 0 Å². The van der Waals surface area contributed by atoms with Crippen molar-refractivity contribution in [3.05, 3.63) is 11.1 Å². The number of thiazole rings is 1. The standard InChI is InChI=1S/C12H19N3O2S/c1-8-5-15(6-10(8)14(2)3)12-13-9(7-18-12)4-11(16)17/h7-8,10H,4-6H2,1-3H3,(H,16,17). The summed E-state index contributed by atoms with van der Waals surface area (Å²) in [5.74, 6) is -0.223. The molecule has 18 heavy (non-hydrogen) atoms. The fourth-order valence-corrected chi connectivity index (χ4v) is 3.30. The molecule has 1 fully saturated rings. The van der Waals surface area contributed by atoms with Gasteiger partial charge in [-0.25, -0.2) is 4.98 Å². The molecule has 1 saturated heterocycles. The lowest BCUT2D eigenvalue weighted by Gasteiger charge is -2.22. The van der Waals surface area contributed by atoms with Crippen molar-refractivity contribution in [3.8, 4) is 0 Å². The van der Waals surface area contributed by atoms with Crippen LogP contribution in [0.15, 0.2) is 5.38 Å². The Hall–Kier alpha value is -1.14. The lowest BCUT2D eigenvalue weighted by molar-refractivity contribution is -0.136. The summed E-state index contributed by atoms with van der Waals surface area (Å²) in [6.45, 7) is 4.20. The molecule has 2 rings (SSSR count). The minimum absolute atomic E-state index is 0.0109. The van der Waals surface area contributed by atoms with E-state index in [1.807, 2.05) is 5.38 Å². The van der Waals surface area contributed by atoms with E-state index in [1.165, 1.54) is 11.3 Å². The van der Waals surface area contributed by atoms with Crippen molar-refractivity contribution in [2.75, 3.05) is 32.1 Å². The average Bonchev–Trinajstić information content (AvgIpc) is 2.83. The molecule has 0 bridgehead atoms. The lowest BCUT2D eigenvalue weighted by atomic mass is 10.1. The Morgan fingerprint density at radius 3 is 2.89 bits per heavy atom. The zero-order valence-corrected chi connectivity index (χ0v) is 11.8. The van der Waals surface area contributed by atoms with Gasteiger partial charge < -0.3 is 14.9 Å². The van der Waals surface area contributed by atoms with Gasteiger partial charge in [-0.2, -0.15) is 0 Å². The van der Waals surface area contributed by atoms with E-state index in [4.69, 9.17) is 5.11 Å². The molecule has 2 atom stereocenters. The number of carbonyl (C=O) groups is 1. The van der Waals surface area contributed by atoms with Gasteiger partial charge in [-0.3, -0.25) is 4.79 Å². The summed E-state index contributed by atoms with van der Waals surface area (Å²) in [5, 5.41) is 11.5. The van der Waals surface area contributed by atoms with Gasteiger partial charge in [0.05, 0.1) is 12.1 Å². The van der Waals surface area contributed by atoms with Crippen molar-refractivity contribution in [1.29, 1.82) is 0 Å². The molecule has 0 aliphatic carbocycles. The maximum Gasteiger partial charge on any atom is 0.309 e. The number of rotatable bonds is 4. The minimum atomic E-state index is -0.826. The Balaban J connectivity index is 2.05. The highest BCUT2D eigenvalue weighted by Gasteiger charge is 2.32. The second kappa shape index (κ2) is 5.24. The minimum Gasteiger partial charge on any atom is -0.481 e. The first-order chi connectivity index (χ1) is 8.47. The molecule has 0 amide bonds. The first-order valence-electron chi connectivity index (χ1n) is 6.05. The van der Waals surface area contributed by atoms with Crippen LogP contribution < -0.4 is 4.90 Å². The normalized spacial score (nSPS) is 23.9. The van der Waals surface area contributed by atoms with Crippen molar-refractivity contribution in [3.63, 3.8) is 0 Å². The van der Waals surface area contributed by atoms with Gasteiger partial charge >= 0.3 is 5.97 Å². The Bertz CT molecular complexity index is 433. The van der Waals surface area contributed by atoms with Crippen LogP contribution in [0.4, 0.5) is 5.13 Å². The van der Waals surface area contributed by atoms with Crippen LogP contribution in [0.1, 0.15) is 12.6 Å². The quantitative estimate of drug-likeness (QED) is 0.889. The van der Waals surface area contributed by atoms with Crippen LogP contribution in [-0.2, 0) is 11.2 Å². The number of nitrogens with zero attached hydrogens (tertiary/aromatic N) is 3. The molecule has 0 aromatic carbocycles. The van der Waals surface area contributed by atoms with Gasteiger partial charge in [0, 0.05) is 24.5 Å². The molecular weight excluding hydrogens is 250 g/mol. The summed E-state index contributed by atoms with van der Waals surface area (Å²) < 4.78 is 0. The summed E-state index contributed by atoms with van der Waals surface area (Å²) in [5.41, 5.74) is 0.656. The highest BCUT2D eigenvalue weighted by Crippen LogP contribution is 2.28. The van der Waals surface area contributed by atoms with Crippen molar-refractivity contribution < 1.29 is 9.90 Å². The first kappa shape index (κ1) is 13.3. The van der Waals surface area contributed by atoms with Gasteiger partial charge in [-0.1, -0.05) is 6.92 Å². The molecule has 6 heteroatoms. The van der Waals surface area contributed by atoms with Gasteiger partial charge in [0.25, 0.3) is 0 Å². The number of aliphatic carboxylic acids is 1. The SMILES string of the molecule is CC1CN(c2nc(CC(=O)O)cs2)CC1N(C)C. The number of likely N-dealkylation sites (N-methyl/N-ethyl adjacent to an activating group) is 1. The number of anilines is 1. The predicted octanol–water partition coefficient (Wildman–Crippen LogP) is 1.16. The maximum atomic E-state index is 10.6. The number of carboxylic acids is 1. The van der Waals surface area contributed by atoms with Crippen LogP contribution in [0, 0.1) is 5.92 Å². The molecule has 0 radical (unpaired) electrons. The first-order valence-corrected chi connectivity index (χ1v) is 6.93. The van der Waals surface area contributed by atoms with Crippen LogP contribution in [0.25, 0.3) is 0 Å². The second-order valence-electron chi connectivity index (χ2n) is 5.11. The molecule has 1 N–H and O–H groups in total. The summed E-state index contributed by atoms with van der Waals surface area (Å²) >= 11 is 1.54. The zero-order valence-electron chi connectivity index (χ0n) is 11.0. The second-order valence-corrected chi connectivity index (χ2v) is 5.94. The van der Waals surface area contributed by atoms with E-state index in [2.05, 4.69) is 35.8 Å². The molecule has 5 nitrogen and oxygen atoms in total. The molecule has 0 spiro atoms. The average molecular weight is 269 g/mol. The van der Waals surface area contributed by atoms with E-state index in [1.54, 1.807) is 0 Å². The van der Waals surface area contributed by atoms with E-state index < -0.39 is 5.97 Å². The van der Waals surface area contributed by atoms with Gasteiger partial charge in [0.1, 0.15) is 0 Å². The van der Waals surface area contributed by atoms with E-state index in [-0.39, 0.29) is 6.42 Å². The molecule has 100 valence electrons. The number of carboxylic acid groups (broad SMARTS) is 1. The third-order valence-corrected chi connectivity index (χ3v) is 4.33. The van der Waals surface area contributed by atoms with Gasteiger partial charge in [-0.05, 0) is 20.0 Å². The van der Waals surface area contributed by atoms with Crippen LogP contribution in [-0.4, -0.2) is 54.2 Å². The van der Waals surface area contributed by atoms with Gasteiger partial charge in [-0.15, -0.1) is 11.3 Å². The topological polar surface area (TPSA) is 56.7 Å². The van der Waals surface area contributed by atoms with Crippen molar-refractivity contribution in [2.24, 2.45) is 5.92 Å². The Labute approximate surface area is 111 Å². The molecule has 2 unspecified atom stereocenters. The Morgan fingerprint density at radius 1 is 1.61 bits per heavy atom. The largest absolute Gasteiger partial charge is 0.481 e. The highest BCUT2D eigenvalue weighted by molar-refractivity contribution is 7.13. The van der Waals surface area contributed by atoms with E-state index in [0.29, 0.717) is 17.7 Å². The van der Waals surface area contributed by atoms with Gasteiger partial charge in [0.2, 0.25) is 0 Å². The number of aromatic nitrogens is 1. The fraction of sp³-hybridized carbons (Fsp3) is 0.667. The van der Waals surface area contributed by atoms with E-state index in [9.17, 15) is 4.79 Å². The smallest absolute Gasteiger partial charge is 0.309 e. The molecular formula is C12H19N3O2S. The monoisotopic (exact) mass is 269 g/mol. The number of hydrogen-bond donors (Lipinski definition) is 1. The molecule has 1 aromatic rings. The van der Waals surface area contributed by atoms with Crippen LogP contribution >= 0.6 is 11.3 Å². The summed E-state index contributed by atoms with van der Waals surface area (Å²) in [6, 6.07) is 0.539. The third-order valence-electron chi connectivity index (χ3n) is 3.38. The summed E-state index contributed by atoms with van der Waals surface area (Å²) in [6.07, 6.45) is 0.0109. The number of hydrogen-bond acceptors (Lipinski definition) is 5. The van der Waals surface area contributed by atoms with Crippen molar-refractivity contribution in [2.45, 2.75) is 19.4 Å². The summed E-state index contributed by atoms with van der Waals surface area (Å²) in [7, 11) is 4.20. The lowest BCUT2D eigenvalue weighted by Crippen LogP contribution is -2.34. The van der Waals surface area contributed by atoms with Gasteiger partial charge in [0.15, 0.2) is 5.13 Å². The fourth-order valence-electron chi connectivity index (χ4n) is 2.46. The molecule has 0 saturated carbocycles. The van der Waals surface area contributed by atoms with Crippen LogP contribution in [0.5, 0.6) is 0 Å².